The smallest absolute Gasteiger partial charge is 0.103 e. The fourth-order valence-corrected chi connectivity index (χ4v) is 2.37. The molecule has 0 aliphatic heterocycles. The first-order valence-corrected chi connectivity index (χ1v) is 6.11. The summed E-state index contributed by atoms with van der Waals surface area (Å²) in [5.41, 5.74) is 3.17. The summed E-state index contributed by atoms with van der Waals surface area (Å²) in [6.45, 7) is 2.08. The standard InChI is InChI=1S/C13H20N2O/c1-3-12-11(9-15(2)14-12)13(16)10-7-5-4-6-8-10/h7,9,13,16H,3-6,8H2,1-2H3. The van der Waals surface area contributed by atoms with Gasteiger partial charge in [-0.15, -0.1) is 0 Å². The highest BCUT2D eigenvalue weighted by Crippen LogP contribution is 2.31. The van der Waals surface area contributed by atoms with Crippen molar-refractivity contribution < 1.29 is 5.11 Å². The molecule has 0 bridgehead atoms. The van der Waals surface area contributed by atoms with Gasteiger partial charge in [-0.2, -0.15) is 5.10 Å². The third kappa shape index (κ3) is 2.19. The number of aliphatic hydroxyl groups is 1. The van der Waals surface area contributed by atoms with Gasteiger partial charge in [0.25, 0.3) is 0 Å². The van der Waals surface area contributed by atoms with Gasteiger partial charge in [-0.1, -0.05) is 13.0 Å². The highest BCUT2D eigenvalue weighted by Gasteiger charge is 2.20. The molecule has 0 radical (unpaired) electrons. The Kier molecular flexibility index (Phi) is 3.44. The number of hydrogen-bond acceptors (Lipinski definition) is 2. The van der Waals surface area contributed by atoms with Crippen molar-refractivity contribution in [1.29, 1.82) is 0 Å². The van der Waals surface area contributed by atoms with Crippen LogP contribution in [-0.4, -0.2) is 14.9 Å². The zero-order valence-corrected chi connectivity index (χ0v) is 10.1. The number of rotatable bonds is 3. The molecule has 3 nitrogen and oxygen atoms in total. The molecule has 0 amide bonds. The van der Waals surface area contributed by atoms with E-state index in [4.69, 9.17) is 0 Å². The van der Waals surface area contributed by atoms with Crippen molar-refractivity contribution in [2.75, 3.05) is 0 Å². The summed E-state index contributed by atoms with van der Waals surface area (Å²) in [6.07, 6.45) is 9.16. The van der Waals surface area contributed by atoms with E-state index in [9.17, 15) is 5.11 Å². The lowest BCUT2D eigenvalue weighted by Gasteiger charge is -2.18. The Morgan fingerprint density at radius 2 is 2.31 bits per heavy atom. The minimum Gasteiger partial charge on any atom is -0.384 e. The second-order valence-electron chi connectivity index (χ2n) is 4.49. The van der Waals surface area contributed by atoms with Gasteiger partial charge in [-0.05, 0) is 37.7 Å². The van der Waals surface area contributed by atoms with E-state index >= 15 is 0 Å². The summed E-state index contributed by atoms with van der Waals surface area (Å²) in [4.78, 5) is 0. The second kappa shape index (κ2) is 4.83. The van der Waals surface area contributed by atoms with Crippen LogP contribution in [0.2, 0.25) is 0 Å². The van der Waals surface area contributed by atoms with Crippen molar-refractivity contribution in [3.63, 3.8) is 0 Å². The number of allylic oxidation sites excluding steroid dienone is 1. The van der Waals surface area contributed by atoms with Crippen LogP contribution in [0.5, 0.6) is 0 Å². The summed E-state index contributed by atoms with van der Waals surface area (Å²) in [7, 11) is 1.91. The predicted molar refractivity (Wildman–Crippen MR) is 64.1 cm³/mol. The topological polar surface area (TPSA) is 38.0 Å². The Morgan fingerprint density at radius 3 is 2.94 bits per heavy atom. The maximum atomic E-state index is 10.3. The number of hydrogen-bond donors (Lipinski definition) is 1. The molecule has 0 aromatic carbocycles. The van der Waals surface area contributed by atoms with Crippen LogP contribution in [0.3, 0.4) is 0 Å². The maximum Gasteiger partial charge on any atom is 0.103 e. The van der Waals surface area contributed by atoms with Crippen LogP contribution in [0.25, 0.3) is 0 Å². The van der Waals surface area contributed by atoms with E-state index in [1.807, 2.05) is 13.2 Å². The molecule has 2 rings (SSSR count). The van der Waals surface area contributed by atoms with Gasteiger partial charge in [-0.3, -0.25) is 4.68 Å². The summed E-state index contributed by atoms with van der Waals surface area (Å²) in [5, 5.41) is 14.7. The van der Waals surface area contributed by atoms with Crippen LogP contribution < -0.4 is 0 Å². The summed E-state index contributed by atoms with van der Waals surface area (Å²) in [5.74, 6) is 0. The number of nitrogens with zero attached hydrogens (tertiary/aromatic N) is 2. The molecule has 88 valence electrons. The zero-order valence-electron chi connectivity index (χ0n) is 10.1. The normalized spacial score (nSPS) is 18.3. The third-order valence-electron chi connectivity index (χ3n) is 3.24. The number of aromatic nitrogens is 2. The van der Waals surface area contributed by atoms with E-state index in [1.165, 1.54) is 18.4 Å². The Bertz CT molecular complexity index is 393. The second-order valence-corrected chi connectivity index (χ2v) is 4.49. The quantitative estimate of drug-likeness (QED) is 0.795. The van der Waals surface area contributed by atoms with E-state index in [0.717, 1.165) is 30.5 Å². The lowest BCUT2D eigenvalue weighted by Crippen LogP contribution is -2.06. The van der Waals surface area contributed by atoms with Gasteiger partial charge in [-0.25, -0.2) is 0 Å². The van der Waals surface area contributed by atoms with Crippen molar-refractivity contribution >= 4 is 0 Å². The molecule has 1 N–H and O–H groups in total. The Hall–Kier alpha value is -1.09. The van der Waals surface area contributed by atoms with Crippen molar-refractivity contribution in [3.8, 4) is 0 Å². The van der Waals surface area contributed by atoms with Gasteiger partial charge in [0.05, 0.1) is 5.69 Å². The van der Waals surface area contributed by atoms with Crippen molar-refractivity contribution in [3.05, 3.63) is 29.1 Å². The molecule has 1 aromatic heterocycles. The molecule has 0 spiro atoms. The summed E-state index contributed by atoms with van der Waals surface area (Å²) in [6, 6.07) is 0. The van der Waals surface area contributed by atoms with Gasteiger partial charge < -0.3 is 5.11 Å². The van der Waals surface area contributed by atoms with Gasteiger partial charge in [0.1, 0.15) is 6.10 Å². The SMILES string of the molecule is CCc1nn(C)cc1C(O)C1=CCCCC1. The van der Waals surface area contributed by atoms with E-state index < -0.39 is 6.10 Å². The van der Waals surface area contributed by atoms with Gasteiger partial charge in [0.15, 0.2) is 0 Å². The van der Waals surface area contributed by atoms with Crippen molar-refractivity contribution in [1.82, 2.24) is 9.78 Å². The van der Waals surface area contributed by atoms with Crippen LogP contribution in [0.4, 0.5) is 0 Å². The molecule has 1 aromatic rings. The average molecular weight is 220 g/mol. The molecule has 1 unspecified atom stereocenters. The van der Waals surface area contributed by atoms with Gasteiger partial charge in [0, 0.05) is 18.8 Å². The molecule has 1 heterocycles. The Labute approximate surface area is 96.8 Å². The lowest BCUT2D eigenvalue weighted by molar-refractivity contribution is 0.207. The monoisotopic (exact) mass is 220 g/mol. The maximum absolute atomic E-state index is 10.3. The van der Waals surface area contributed by atoms with Crippen LogP contribution in [0, 0.1) is 0 Å². The first-order valence-electron chi connectivity index (χ1n) is 6.11. The first-order chi connectivity index (χ1) is 7.72. The van der Waals surface area contributed by atoms with Crippen molar-refractivity contribution in [2.24, 2.45) is 7.05 Å². The minimum absolute atomic E-state index is 0.441. The molecular formula is C13H20N2O. The molecular weight excluding hydrogens is 200 g/mol. The molecule has 0 saturated heterocycles. The third-order valence-corrected chi connectivity index (χ3v) is 3.24. The van der Waals surface area contributed by atoms with Crippen LogP contribution in [0.15, 0.2) is 17.8 Å². The van der Waals surface area contributed by atoms with Gasteiger partial charge >= 0.3 is 0 Å². The van der Waals surface area contributed by atoms with Crippen molar-refractivity contribution in [2.45, 2.75) is 45.1 Å². The van der Waals surface area contributed by atoms with E-state index in [2.05, 4.69) is 18.1 Å². The lowest BCUT2D eigenvalue weighted by atomic mass is 9.92. The molecule has 1 atom stereocenters. The Morgan fingerprint density at radius 1 is 1.50 bits per heavy atom. The Balaban J connectivity index is 2.25. The molecule has 1 aliphatic carbocycles. The van der Waals surface area contributed by atoms with Crippen LogP contribution >= 0.6 is 0 Å². The molecule has 0 saturated carbocycles. The van der Waals surface area contributed by atoms with E-state index in [-0.39, 0.29) is 0 Å². The number of aryl methyl sites for hydroxylation is 2. The minimum atomic E-state index is -0.441. The first kappa shape index (κ1) is 11.4. The molecule has 1 aliphatic rings. The van der Waals surface area contributed by atoms with E-state index in [0.29, 0.717) is 0 Å². The highest BCUT2D eigenvalue weighted by molar-refractivity contribution is 5.28. The predicted octanol–water partition coefficient (Wildman–Crippen LogP) is 2.52. The van der Waals surface area contributed by atoms with E-state index in [1.54, 1.807) is 4.68 Å². The fourth-order valence-electron chi connectivity index (χ4n) is 2.37. The zero-order chi connectivity index (χ0) is 11.5. The summed E-state index contributed by atoms with van der Waals surface area (Å²) >= 11 is 0. The average Bonchev–Trinajstić information content (AvgIpc) is 2.70. The molecule has 0 fully saturated rings. The molecule has 3 heteroatoms. The molecule has 16 heavy (non-hydrogen) atoms. The number of aliphatic hydroxyl groups excluding tert-OH is 1. The highest BCUT2D eigenvalue weighted by atomic mass is 16.3. The summed E-state index contributed by atoms with van der Waals surface area (Å²) < 4.78 is 1.79. The van der Waals surface area contributed by atoms with Gasteiger partial charge in [0.2, 0.25) is 0 Å². The van der Waals surface area contributed by atoms with Crippen LogP contribution in [0.1, 0.15) is 50.0 Å². The fraction of sp³-hybridized carbons (Fsp3) is 0.615. The largest absolute Gasteiger partial charge is 0.384 e. The van der Waals surface area contributed by atoms with Crippen LogP contribution in [-0.2, 0) is 13.5 Å².